The molecular formula is C34H66K2S4-4. The summed E-state index contributed by atoms with van der Waals surface area (Å²) in [6.07, 6.45) is 17.6. The summed E-state index contributed by atoms with van der Waals surface area (Å²) in [5, 5.41) is 0. The monoisotopic (exact) mass is 680 g/mol. The summed E-state index contributed by atoms with van der Waals surface area (Å²) in [4.78, 5) is 0. The summed E-state index contributed by atoms with van der Waals surface area (Å²) in [6.45, 7) is 32.8. The molecule has 6 heteroatoms. The Morgan fingerprint density at radius 2 is 0.850 bits per heavy atom. The second-order valence-electron chi connectivity index (χ2n) is 10.4. The molecule has 40 heavy (non-hydrogen) atoms. The van der Waals surface area contributed by atoms with Crippen molar-refractivity contribution in [1.82, 2.24) is 0 Å². The molecule has 0 saturated carbocycles. The Balaban J connectivity index is -0.000000115. The molecule has 0 aromatic heterocycles. The zero-order chi connectivity index (χ0) is 30.2. The predicted octanol–water partition coefficient (Wildman–Crippen LogP) is 7.12. The van der Waals surface area contributed by atoms with Crippen molar-refractivity contribution in [2.24, 2.45) is 23.7 Å². The molecule has 0 nitrogen and oxygen atoms in total. The molecule has 0 heterocycles. The van der Waals surface area contributed by atoms with Crippen molar-refractivity contribution in [3.8, 4) is 0 Å². The van der Waals surface area contributed by atoms with E-state index in [2.05, 4.69) is 55.4 Å². The third-order valence-corrected chi connectivity index (χ3v) is 9.07. The minimum absolute atomic E-state index is 0. The summed E-state index contributed by atoms with van der Waals surface area (Å²) in [6, 6.07) is 0. The first-order chi connectivity index (χ1) is 18.1. The maximum absolute atomic E-state index is 5.38. The summed E-state index contributed by atoms with van der Waals surface area (Å²) in [5.74, 6) is 5.39. The van der Waals surface area contributed by atoms with E-state index in [0.29, 0.717) is 0 Å². The molecule has 0 aromatic carbocycles. The molecular weight excluding hydrogens is 615 g/mol. The third kappa shape index (κ3) is 49.0. The van der Waals surface area contributed by atoms with Crippen LogP contribution in [0.5, 0.6) is 0 Å². The first-order valence-corrected chi connectivity index (χ1v) is 17.8. The fourth-order valence-corrected chi connectivity index (χ4v) is 6.36. The zero-order valence-electron chi connectivity index (χ0n) is 28.8. The summed E-state index contributed by atoms with van der Waals surface area (Å²) in [7, 11) is 0. The number of hydrogen-bond acceptors (Lipinski definition) is 4. The number of unbranched alkanes of at least 4 members (excludes halogenated alkanes) is 4. The number of rotatable bonds is 18. The van der Waals surface area contributed by atoms with Crippen LogP contribution in [0.1, 0.15) is 132 Å². The summed E-state index contributed by atoms with van der Waals surface area (Å²) in [5.41, 5.74) is 0. The molecule has 0 amide bonds. The van der Waals surface area contributed by atoms with Gasteiger partial charge in [-0.05, 0) is 36.5 Å². The Morgan fingerprint density at radius 3 is 1.05 bits per heavy atom. The molecule has 0 aliphatic rings. The van der Waals surface area contributed by atoms with Gasteiger partial charge in [0, 0.05) is 19.9 Å². The van der Waals surface area contributed by atoms with Crippen molar-refractivity contribution in [2.75, 3.05) is 11.5 Å². The van der Waals surface area contributed by atoms with Crippen LogP contribution in [0.2, 0.25) is 0 Å². The Morgan fingerprint density at radius 1 is 0.575 bits per heavy atom. The van der Waals surface area contributed by atoms with Gasteiger partial charge in [-0.25, -0.2) is 0 Å². The topological polar surface area (TPSA) is 0 Å². The average Bonchev–Trinajstić information content (AvgIpc) is 2.85. The van der Waals surface area contributed by atoms with Gasteiger partial charge in [0.15, 0.2) is 0 Å². The Labute approximate surface area is 361 Å². The molecule has 0 aliphatic heterocycles. The Bertz CT molecular complexity index is 429. The van der Waals surface area contributed by atoms with Gasteiger partial charge in [-0.1, -0.05) is 90.7 Å². The first-order valence-electron chi connectivity index (χ1n) is 15.0. The smallest absolute Gasteiger partial charge is 0.343 e. The molecule has 0 radical (unpaired) electrons. The van der Waals surface area contributed by atoms with Gasteiger partial charge >= 0.3 is 103 Å². The second-order valence-corrected chi connectivity index (χ2v) is 14.2. The number of thioether (sulfide) groups is 2. The van der Waals surface area contributed by atoms with Crippen LogP contribution in [-0.4, -0.2) is 19.9 Å². The molecule has 0 fully saturated rings. The number of thiocarbonyl (C=S) groups is 2. The zero-order valence-corrected chi connectivity index (χ0v) is 38.3. The van der Waals surface area contributed by atoms with E-state index in [1.165, 1.54) is 58.4 Å². The largest absolute Gasteiger partial charge is 1.00 e. The van der Waals surface area contributed by atoms with Crippen LogP contribution in [0.15, 0.2) is 0 Å². The van der Waals surface area contributed by atoms with Gasteiger partial charge in [-0.15, -0.1) is 23.5 Å². The summed E-state index contributed by atoms with van der Waals surface area (Å²) < 4.78 is 2.37. The molecule has 0 spiro atoms. The molecule has 0 aromatic rings. The van der Waals surface area contributed by atoms with Gasteiger partial charge < -0.3 is 40.5 Å². The van der Waals surface area contributed by atoms with Crippen LogP contribution in [0.3, 0.4) is 0 Å². The quantitative estimate of drug-likeness (QED) is 0.0654. The van der Waals surface area contributed by atoms with Gasteiger partial charge in [0.05, 0.1) is 0 Å². The van der Waals surface area contributed by atoms with E-state index in [1.807, 2.05) is 64.1 Å². The van der Waals surface area contributed by atoms with E-state index < -0.39 is 0 Å². The predicted molar refractivity (Wildman–Crippen MR) is 195 cm³/mol. The van der Waals surface area contributed by atoms with Crippen LogP contribution in [-0.2, 0) is 0 Å². The minimum Gasteiger partial charge on any atom is -0.343 e. The molecule has 2 atom stereocenters. The Hall–Kier alpha value is 4.15. The van der Waals surface area contributed by atoms with Crippen molar-refractivity contribution < 1.29 is 103 Å². The Kier molecular flexibility index (Phi) is 67.2. The fourth-order valence-electron chi connectivity index (χ4n) is 3.18. The third-order valence-electron chi connectivity index (χ3n) is 5.71. The molecule has 232 valence electrons. The van der Waals surface area contributed by atoms with Crippen molar-refractivity contribution in [3.63, 3.8) is 0 Å². The molecule has 2 unspecified atom stereocenters. The van der Waals surface area contributed by atoms with Gasteiger partial charge in [0.1, 0.15) is 0 Å². The maximum atomic E-state index is 5.38. The van der Waals surface area contributed by atoms with Crippen molar-refractivity contribution in [1.29, 1.82) is 0 Å². The van der Waals surface area contributed by atoms with Gasteiger partial charge in [-0.3, -0.25) is 0 Å². The van der Waals surface area contributed by atoms with E-state index in [4.69, 9.17) is 24.4 Å². The maximum Gasteiger partial charge on any atom is 1.00 e. The number of hydrogen-bond donors (Lipinski definition) is 0. The van der Waals surface area contributed by atoms with Crippen molar-refractivity contribution in [2.45, 2.75) is 132 Å². The van der Waals surface area contributed by atoms with Crippen LogP contribution in [0, 0.1) is 64.2 Å². The molecule has 0 rings (SSSR count). The van der Waals surface area contributed by atoms with Gasteiger partial charge in [-0.2, -0.15) is 53.4 Å². The van der Waals surface area contributed by atoms with E-state index in [9.17, 15) is 0 Å². The second kappa shape index (κ2) is 47.6. The van der Waals surface area contributed by atoms with Crippen molar-refractivity contribution in [3.05, 3.63) is 40.5 Å². The SMILES string of the molecule is C[CH-]C.C[CH-]C.[CH2-]CCCCC(=S)SCC(CC[CH2-])C(C)C.[CH2-]CCCCC(=S)SCC(CC[CH2-])C(C)C.[K+].[K+]. The first kappa shape index (κ1) is 56.5. The standard InChI is InChI=1S/2C14H26S2.2C3H7.2K/c2*1-5-7-8-10-14(15)16-11-13(9-6-2)12(3)4;2*1-3-2;;/h2*12-13H,1-2,5-11H2,3-4H3;2*3H,1-2H3;;/q2*-2;2*-1;2*+1. The average molecular weight is 681 g/mol. The van der Waals surface area contributed by atoms with E-state index in [1.54, 1.807) is 0 Å². The van der Waals surface area contributed by atoms with Crippen LogP contribution in [0.4, 0.5) is 0 Å². The van der Waals surface area contributed by atoms with Crippen LogP contribution in [0.25, 0.3) is 0 Å². The molecule has 0 N–H and O–H groups in total. The minimum atomic E-state index is 0. The van der Waals surface area contributed by atoms with E-state index >= 15 is 0 Å². The normalized spacial score (nSPS) is 11.3. The molecule has 0 aliphatic carbocycles. The van der Waals surface area contributed by atoms with Crippen LogP contribution >= 0.6 is 48.0 Å². The van der Waals surface area contributed by atoms with E-state index in [-0.39, 0.29) is 103 Å². The van der Waals surface area contributed by atoms with Crippen molar-refractivity contribution >= 4 is 56.4 Å². The van der Waals surface area contributed by atoms with Gasteiger partial charge in [0.25, 0.3) is 0 Å². The summed E-state index contributed by atoms with van der Waals surface area (Å²) >= 11 is 14.5. The van der Waals surface area contributed by atoms with E-state index in [0.717, 1.165) is 62.2 Å². The fraction of sp³-hybridized carbons (Fsp3) is 0.765. The van der Waals surface area contributed by atoms with Crippen LogP contribution < -0.4 is 103 Å². The van der Waals surface area contributed by atoms with Gasteiger partial charge in [0.2, 0.25) is 0 Å². The molecule has 0 saturated heterocycles. The molecule has 0 bridgehead atoms.